The summed E-state index contributed by atoms with van der Waals surface area (Å²) >= 11 is 0. The smallest absolute Gasteiger partial charge is 0.307 e. The van der Waals surface area contributed by atoms with E-state index in [1.807, 2.05) is 6.08 Å². The van der Waals surface area contributed by atoms with Gasteiger partial charge in [-0.25, -0.2) is 0 Å². The first-order valence-electron chi connectivity index (χ1n) is 9.52. The summed E-state index contributed by atoms with van der Waals surface area (Å²) in [6.45, 7) is 6.01. The maximum absolute atomic E-state index is 11.4. The van der Waals surface area contributed by atoms with Gasteiger partial charge in [0.15, 0.2) is 0 Å². The van der Waals surface area contributed by atoms with Crippen molar-refractivity contribution in [1.82, 2.24) is 0 Å². The lowest BCUT2D eigenvalue weighted by atomic mass is 9.51. The highest BCUT2D eigenvalue weighted by Crippen LogP contribution is 2.61. The standard InChI is InChI=1S/C21H29NO3/c1-12(23)25-18-11-17-15-5-4-13-10-14(24)6-8-20(13,2)16(15)7-9-21(17,3)19(18)22/h6,8,11,13-14,16,19,24H,4-5,7,9-10,22H2,1-3H3/t13?,14?,16-,19?,20+,21+/m1/s1. The van der Waals surface area contributed by atoms with Gasteiger partial charge in [-0.05, 0) is 61.0 Å². The summed E-state index contributed by atoms with van der Waals surface area (Å²) in [5.74, 6) is 1.36. The number of carbonyl (C=O) groups excluding carboxylic acids is 1. The topological polar surface area (TPSA) is 72.5 Å². The van der Waals surface area contributed by atoms with Crippen LogP contribution in [-0.4, -0.2) is 23.2 Å². The minimum atomic E-state index is -0.300. The molecule has 3 unspecified atom stereocenters. The molecule has 4 aliphatic carbocycles. The van der Waals surface area contributed by atoms with Crippen LogP contribution in [0.5, 0.6) is 0 Å². The Morgan fingerprint density at radius 3 is 2.84 bits per heavy atom. The molecule has 0 radical (unpaired) electrons. The van der Waals surface area contributed by atoms with E-state index in [9.17, 15) is 9.90 Å². The highest BCUT2D eigenvalue weighted by atomic mass is 16.5. The molecule has 0 saturated heterocycles. The second-order valence-electron chi connectivity index (χ2n) is 8.83. The van der Waals surface area contributed by atoms with Crippen molar-refractivity contribution in [2.75, 3.05) is 0 Å². The fourth-order valence-corrected chi connectivity index (χ4v) is 5.93. The number of fused-ring (bicyclic) bond motifs is 4. The first kappa shape index (κ1) is 17.0. The molecule has 136 valence electrons. The number of ether oxygens (including phenoxy) is 1. The number of rotatable bonds is 1. The van der Waals surface area contributed by atoms with E-state index >= 15 is 0 Å². The lowest BCUT2D eigenvalue weighted by molar-refractivity contribution is -0.137. The fourth-order valence-electron chi connectivity index (χ4n) is 5.93. The highest BCUT2D eigenvalue weighted by Gasteiger charge is 2.54. The van der Waals surface area contributed by atoms with E-state index < -0.39 is 0 Å². The number of esters is 1. The summed E-state index contributed by atoms with van der Waals surface area (Å²) in [5, 5.41) is 10.0. The second-order valence-corrected chi connectivity index (χ2v) is 8.83. The van der Waals surface area contributed by atoms with Crippen LogP contribution in [0.25, 0.3) is 0 Å². The van der Waals surface area contributed by atoms with Crippen molar-refractivity contribution in [2.24, 2.45) is 28.4 Å². The number of nitrogens with two attached hydrogens (primary N) is 1. The molecule has 4 nitrogen and oxygen atoms in total. The molecule has 0 aromatic heterocycles. The average Bonchev–Trinajstić information content (AvgIpc) is 2.79. The van der Waals surface area contributed by atoms with E-state index in [2.05, 4.69) is 26.0 Å². The molecule has 1 saturated carbocycles. The Morgan fingerprint density at radius 2 is 2.12 bits per heavy atom. The summed E-state index contributed by atoms with van der Waals surface area (Å²) in [6.07, 6.45) is 11.2. The molecule has 0 spiro atoms. The largest absolute Gasteiger partial charge is 0.430 e. The number of hydrogen-bond acceptors (Lipinski definition) is 4. The monoisotopic (exact) mass is 343 g/mol. The zero-order valence-corrected chi connectivity index (χ0v) is 15.4. The van der Waals surface area contributed by atoms with E-state index in [1.54, 1.807) is 0 Å². The Bertz CT molecular complexity index is 706. The molecule has 0 aromatic rings. The van der Waals surface area contributed by atoms with Crippen molar-refractivity contribution < 1.29 is 14.6 Å². The van der Waals surface area contributed by atoms with Crippen molar-refractivity contribution in [2.45, 2.75) is 65.0 Å². The number of aliphatic hydroxyl groups excluding tert-OH is 1. The molecule has 4 aliphatic rings. The normalized spacial score (nSPS) is 45.4. The third kappa shape index (κ3) is 2.37. The lowest BCUT2D eigenvalue weighted by Crippen LogP contribution is -2.48. The third-order valence-corrected chi connectivity index (χ3v) is 7.47. The molecule has 0 aliphatic heterocycles. The van der Waals surface area contributed by atoms with Gasteiger partial charge in [0.2, 0.25) is 0 Å². The fraction of sp³-hybridized carbons (Fsp3) is 0.667. The van der Waals surface area contributed by atoms with E-state index in [4.69, 9.17) is 10.5 Å². The Balaban J connectivity index is 1.78. The quantitative estimate of drug-likeness (QED) is 0.566. The number of aliphatic hydroxyl groups is 1. The van der Waals surface area contributed by atoms with Gasteiger partial charge in [0.05, 0.1) is 12.1 Å². The van der Waals surface area contributed by atoms with Crippen LogP contribution in [0.15, 0.2) is 35.1 Å². The molecule has 0 bridgehead atoms. The van der Waals surface area contributed by atoms with Crippen LogP contribution in [0.3, 0.4) is 0 Å². The first-order chi connectivity index (χ1) is 11.8. The van der Waals surface area contributed by atoms with Crippen LogP contribution in [0.1, 0.15) is 52.9 Å². The predicted molar refractivity (Wildman–Crippen MR) is 96.3 cm³/mol. The van der Waals surface area contributed by atoms with E-state index in [0.29, 0.717) is 17.6 Å². The molecule has 1 fully saturated rings. The first-order valence-corrected chi connectivity index (χ1v) is 9.52. The minimum Gasteiger partial charge on any atom is -0.430 e. The lowest BCUT2D eigenvalue weighted by Gasteiger charge is -2.54. The molecule has 3 N–H and O–H groups in total. The molecular formula is C21H29NO3. The zero-order chi connectivity index (χ0) is 18.0. The predicted octanol–water partition coefficient (Wildman–Crippen LogP) is 3.22. The van der Waals surface area contributed by atoms with Gasteiger partial charge in [0.25, 0.3) is 0 Å². The molecular weight excluding hydrogens is 314 g/mol. The van der Waals surface area contributed by atoms with Crippen LogP contribution < -0.4 is 5.73 Å². The number of hydrogen-bond donors (Lipinski definition) is 2. The van der Waals surface area contributed by atoms with E-state index in [-0.39, 0.29) is 28.9 Å². The Hall–Kier alpha value is -1.39. The second kappa shape index (κ2) is 5.55. The maximum atomic E-state index is 11.4. The van der Waals surface area contributed by atoms with Gasteiger partial charge in [0, 0.05) is 12.3 Å². The summed E-state index contributed by atoms with van der Waals surface area (Å²) in [5.41, 5.74) is 9.30. The Kier molecular flexibility index (Phi) is 3.79. The Labute approximate surface area is 149 Å². The van der Waals surface area contributed by atoms with Gasteiger partial charge < -0.3 is 15.6 Å². The summed E-state index contributed by atoms with van der Waals surface area (Å²) in [4.78, 5) is 11.4. The zero-order valence-electron chi connectivity index (χ0n) is 15.4. The van der Waals surface area contributed by atoms with Gasteiger partial charge in [-0.2, -0.15) is 0 Å². The van der Waals surface area contributed by atoms with Gasteiger partial charge in [0.1, 0.15) is 5.76 Å². The summed E-state index contributed by atoms with van der Waals surface area (Å²) in [7, 11) is 0. The molecule has 25 heavy (non-hydrogen) atoms. The van der Waals surface area contributed by atoms with Crippen molar-refractivity contribution in [3.8, 4) is 0 Å². The molecule has 0 heterocycles. The van der Waals surface area contributed by atoms with Gasteiger partial charge in [-0.1, -0.05) is 31.6 Å². The molecule has 0 aromatic carbocycles. The van der Waals surface area contributed by atoms with Gasteiger partial charge in [-0.15, -0.1) is 0 Å². The van der Waals surface area contributed by atoms with Gasteiger partial charge >= 0.3 is 5.97 Å². The molecule has 6 atom stereocenters. The van der Waals surface area contributed by atoms with Crippen molar-refractivity contribution in [1.29, 1.82) is 0 Å². The summed E-state index contributed by atoms with van der Waals surface area (Å²) < 4.78 is 5.42. The van der Waals surface area contributed by atoms with Crippen molar-refractivity contribution in [3.63, 3.8) is 0 Å². The molecule has 4 rings (SSSR count). The van der Waals surface area contributed by atoms with Crippen molar-refractivity contribution >= 4 is 5.97 Å². The number of carbonyl (C=O) groups is 1. The average molecular weight is 343 g/mol. The van der Waals surface area contributed by atoms with E-state index in [1.165, 1.54) is 18.1 Å². The highest BCUT2D eigenvalue weighted by molar-refractivity contribution is 5.68. The molecule has 0 amide bonds. The minimum absolute atomic E-state index is 0.114. The van der Waals surface area contributed by atoms with Gasteiger partial charge in [-0.3, -0.25) is 4.79 Å². The van der Waals surface area contributed by atoms with Crippen molar-refractivity contribution in [3.05, 3.63) is 35.1 Å². The van der Waals surface area contributed by atoms with Crippen LogP contribution in [0.2, 0.25) is 0 Å². The van der Waals surface area contributed by atoms with Crippen LogP contribution in [-0.2, 0) is 9.53 Å². The Morgan fingerprint density at radius 1 is 1.36 bits per heavy atom. The van der Waals surface area contributed by atoms with Crippen LogP contribution >= 0.6 is 0 Å². The molecule has 4 heteroatoms. The van der Waals surface area contributed by atoms with Crippen LogP contribution in [0, 0.1) is 22.7 Å². The number of allylic oxidation sites excluding steroid dienone is 3. The summed E-state index contributed by atoms with van der Waals surface area (Å²) in [6, 6.07) is -0.242. The van der Waals surface area contributed by atoms with E-state index in [0.717, 1.165) is 32.1 Å². The maximum Gasteiger partial charge on any atom is 0.307 e. The SMILES string of the molecule is CC(=O)OC1=CC2=C3CCC4CC(O)C=C[C@]4(C)[C@@H]3CC[C@]2(C)C1N. The van der Waals surface area contributed by atoms with Crippen LogP contribution in [0.4, 0.5) is 0 Å². The third-order valence-electron chi connectivity index (χ3n) is 7.47.